The molecule has 1 aromatic carbocycles. The number of sulfone groups is 1. The molecule has 0 aliphatic rings. The summed E-state index contributed by atoms with van der Waals surface area (Å²) in [6, 6.07) is 7.30. The zero-order valence-corrected chi connectivity index (χ0v) is 15.0. The lowest BCUT2D eigenvalue weighted by Gasteiger charge is -2.06. The van der Waals surface area contributed by atoms with Gasteiger partial charge in [-0.25, -0.2) is 13.2 Å². The molecule has 0 unspecified atom stereocenters. The summed E-state index contributed by atoms with van der Waals surface area (Å²) in [6.07, 6.45) is 4.08. The maximum Gasteiger partial charge on any atom is 0.419 e. The molecule has 7 heteroatoms. The van der Waals surface area contributed by atoms with Crippen LogP contribution in [0.1, 0.15) is 25.8 Å². The van der Waals surface area contributed by atoms with Crippen molar-refractivity contribution in [1.82, 2.24) is 9.55 Å². The Bertz CT molecular complexity index is 1060. The summed E-state index contributed by atoms with van der Waals surface area (Å²) in [7, 11) is -3.12. The van der Waals surface area contributed by atoms with Gasteiger partial charge in [0.1, 0.15) is 0 Å². The van der Waals surface area contributed by atoms with Crippen molar-refractivity contribution in [3.8, 4) is 11.1 Å². The molecule has 0 atom stereocenters. The smallest absolute Gasteiger partial charge is 0.408 e. The van der Waals surface area contributed by atoms with Gasteiger partial charge in [-0.05, 0) is 35.7 Å². The number of pyridine rings is 1. The highest BCUT2D eigenvalue weighted by Crippen LogP contribution is 2.25. The predicted molar refractivity (Wildman–Crippen MR) is 97.2 cm³/mol. The summed E-state index contributed by atoms with van der Waals surface area (Å²) < 4.78 is 30.5. The minimum Gasteiger partial charge on any atom is -0.408 e. The fraction of sp³-hybridized carbons (Fsp3) is 0.333. The quantitative estimate of drug-likeness (QED) is 0.675. The number of benzene rings is 1. The lowest BCUT2D eigenvalue weighted by molar-refractivity contribution is 0.502. The van der Waals surface area contributed by atoms with Crippen LogP contribution in [0.4, 0.5) is 0 Å². The topological polar surface area (TPSA) is 82.2 Å². The van der Waals surface area contributed by atoms with Crippen LogP contribution in [0.2, 0.25) is 0 Å². The average molecular weight is 360 g/mol. The Hall–Kier alpha value is -2.41. The highest BCUT2D eigenvalue weighted by Gasteiger charge is 2.12. The largest absolute Gasteiger partial charge is 0.419 e. The third-order valence-corrected chi connectivity index (χ3v) is 5.72. The first-order valence-corrected chi connectivity index (χ1v) is 10.0. The number of hydrogen-bond donors (Lipinski definition) is 0. The van der Waals surface area contributed by atoms with Crippen molar-refractivity contribution in [1.29, 1.82) is 0 Å². The van der Waals surface area contributed by atoms with Gasteiger partial charge in [0.15, 0.2) is 15.4 Å². The molecule has 132 valence electrons. The van der Waals surface area contributed by atoms with Gasteiger partial charge in [0, 0.05) is 30.3 Å². The molecule has 2 aromatic heterocycles. The van der Waals surface area contributed by atoms with Crippen molar-refractivity contribution < 1.29 is 12.8 Å². The minimum absolute atomic E-state index is 0.0289. The van der Waals surface area contributed by atoms with E-state index < -0.39 is 9.84 Å². The van der Waals surface area contributed by atoms with Crippen molar-refractivity contribution in [2.45, 2.75) is 32.6 Å². The Morgan fingerprint density at radius 3 is 2.64 bits per heavy atom. The van der Waals surface area contributed by atoms with Gasteiger partial charge < -0.3 is 4.42 Å². The maximum atomic E-state index is 11.9. The lowest BCUT2D eigenvalue weighted by atomic mass is 10.1. The van der Waals surface area contributed by atoms with Gasteiger partial charge in [-0.15, -0.1) is 0 Å². The van der Waals surface area contributed by atoms with Crippen LogP contribution in [0.3, 0.4) is 0 Å². The lowest BCUT2D eigenvalue weighted by Crippen LogP contribution is -2.13. The number of aromatic nitrogens is 2. The first kappa shape index (κ1) is 17.4. The Kier molecular flexibility index (Phi) is 4.76. The second-order valence-corrected chi connectivity index (χ2v) is 8.31. The summed E-state index contributed by atoms with van der Waals surface area (Å²) in [5.41, 5.74) is 3.59. The molecule has 0 bridgehead atoms. The van der Waals surface area contributed by atoms with Gasteiger partial charge in [0.25, 0.3) is 0 Å². The van der Waals surface area contributed by atoms with Crippen LogP contribution in [0.5, 0.6) is 0 Å². The Labute approximate surface area is 146 Å². The Morgan fingerprint density at radius 1 is 1.12 bits per heavy atom. The molecular formula is C18H20N2O4S. The number of nitrogens with zero attached hydrogens (tertiary/aromatic N) is 2. The molecule has 0 radical (unpaired) electrons. The van der Waals surface area contributed by atoms with E-state index in [1.807, 2.05) is 25.1 Å². The molecule has 3 rings (SSSR count). The van der Waals surface area contributed by atoms with E-state index in [1.165, 1.54) is 0 Å². The Morgan fingerprint density at radius 2 is 1.92 bits per heavy atom. The highest BCUT2D eigenvalue weighted by molar-refractivity contribution is 7.90. The number of rotatable bonds is 6. The van der Waals surface area contributed by atoms with Crippen molar-refractivity contribution in [2.75, 3.05) is 5.75 Å². The number of aryl methyl sites for hydroxylation is 1. The maximum absolute atomic E-state index is 11.9. The van der Waals surface area contributed by atoms with Gasteiger partial charge in [-0.2, -0.15) is 0 Å². The molecule has 6 nitrogen and oxygen atoms in total. The van der Waals surface area contributed by atoms with Crippen molar-refractivity contribution in [3.63, 3.8) is 0 Å². The second kappa shape index (κ2) is 6.84. The van der Waals surface area contributed by atoms with E-state index in [-0.39, 0.29) is 17.3 Å². The van der Waals surface area contributed by atoms with Crippen LogP contribution < -0.4 is 5.76 Å². The SMILES string of the molecule is CCCn1c(=O)oc2ccc(-c3cncc(CS(=O)(=O)CC)c3)cc21. The molecule has 3 aromatic rings. The fourth-order valence-electron chi connectivity index (χ4n) is 2.76. The number of hydrogen-bond acceptors (Lipinski definition) is 5. The van der Waals surface area contributed by atoms with E-state index in [9.17, 15) is 13.2 Å². The summed E-state index contributed by atoms with van der Waals surface area (Å²) in [5.74, 6) is -0.296. The number of oxazole rings is 1. The normalized spacial score (nSPS) is 11.9. The van der Waals surface area contributed by atoms with Gasteiger partial charge in [0.2, 0.25) is 0 Å². The molecule has 0 spiro atoms. The first-order chi connectivity index (χ1) is 11.9. The van der Waals surface area contributed by atoms with Crippen LogP contribution >= 0.6 is 0 Å². The van der Waals surface area contributed by atoms with Crippen molar-refractivity contribution in [2.24, 2.45) is 0 Å². The van der Waals surface area contributed by atoms with Gasteiger partial charge in [0.05, 0.1) is 11.3 Å². The molecule has 0 aliphatic carbocycles. The number of fused-ring (bicyclic) bond motifs is 1. The van der Waals surface area contributed by atoms with E-state index in [0.29, 0.717) is 17.7 Å². The third kappa shape index (κ3) is 3.66. The molecule has 0 amide bonds. The van der Waals surface area contributed by atoms with E-state index in [1.54, 1.807) is 30.0 Å². The molecule has 2 heterocycles. The van der Waals surface area contributed by atoms with Crippen molar-refractivity contribution >= 4 is 20.9 Å². The van der Waals surface area contributed by atoms with Crippen molar-refractivity contribution in [3.05, 3.63) is 52.8 Å². The summed E-state index contributed by atoms with van der Waals surface area (Å²) >= 11 is 0. The second-order valence-electron chi connectivity index (χ2n) is 5.96. The predicted octanol–water partition coefficient (Wildman–Crippen LogP) is 3.00. The van der Waals surface area contributed by atoms with Gasteiger partial charge >= 0.3 is 5.76 Å². The van der Waals surface area contributed by atoms with Crippen LogP contribution in [-0.4, -0.2) is 23.7 Å². The minimum atomic E-state index is -3.12. The monoisotopic (exact) mass is 360 g/mol. The molecule has 25 heavy (non-hydrogen) atoms. The molecular weight excluding hydrogens is 340 g/mol. The highest BCUT2D eigenvalue weighted by atomic mass is 32.2. The van der Waals surface area contributed by atoms with Gasteiger partial charge in [-0.1, -0.05) is 19.9 Å². The molecule has 0 saturated carbocycles. The summed E-state index contributed by atoms with van der Waals surface area (Å²) in [5, 5.41) is 0. The van der Waals surface area contributed by atoms with E-state index >= 15 is 0 Å². The first-order valence-electron chi connectivity index (χ1n) is 8.21. The molecule has 0 saturated heterocycles. The van der Waals surface area contributed by atoms with Crippen LogP contribution in [0.25, 0.3) is 22.2 Å². The fourth-order valence-corrected chi connectivity index (χ4v) is 3.63. The van der Waals surface area contributed by atoms with Crippen LogP contribution in [-0.2, 0) is 22.1 Å². The van der Waals surface area contributed by atoms with Crippen LogP contribution in [0, 0.1) is 0 Å². The average Bonchev–Trinajstić information content (AvgIpc) is 2.90. The zero-order valence-electron chi connectivity index (χ0n) is 14.2. The van der Waals surface area contributed by atoms with E-state index in [4.69, 9.17) is 4.42 Å². The summed E-state index contributed by atoms with van der Waals surface area (Å²) in [6.45, 7) is 4.21. The third-order valence-electron chi connectivity index (χ3n) is 4.07. The molecule has 0 N–H and O–H groups in total. The molecule has 0 aliphatic heterocycles. The van der Waals surface area contributed by atoms with Gasteiger partial charge in [-0.3, -0.25) is 9.55 Å². The van der Waals surface area contributed by atoms with E-state index in [0.717, 1.165) is 23.1 Å². The summed E-state index contributed by atoms with van der Waals surface area (Å²) in [4.78, 5) is 16.1. The Balaban J connectivity index is 2.04. The van der Waals surface area contributed by atoms with Crippen LogP contribution in [0.15, 0.2) is 45.9 Å². The van der Waals surface area contributed by atoms with E-state index in [2.05, 4.69) is 4.98 Å². The zero-order chi connectivity index (χ0) is 18.0. The molecule has 0 fully saturated rings. The standard InChI is InChI=1S/C18H20N2O4S/c1-3-7-20-16-9-14(5-6-17(16)24-18(20)21)15-8-13(10-19-11-15)12-25(22,23)4-2/h5-6,8-11H,3-4,7,12H2,1-2H3.